The van der Waals surface area contributed by atoms with E-state index < -0.39 is 30.0 Å². The van der Waals surface area contributed by atoms with Gasteiger partial charge in [-0.15, -0.1) is 26.3 Å². The maximum Gasteiger partial charge on any atom is 0.573 e. The number of carbonyl (C=O) groups excluding carboxylic acids is 1. The molecule has 1 aromatic carbocycles. The summed E-state index contributed by atoms with van der Waals surface area (Å²) in [6, 6.07) is 1.79. The van der Waals surface area contributed by atoms with Crippen molar-refractivity contribution in [1.29, 1.82) is 0 Å². The van der Waals surface area contributed by atoms with Crippen LogP contribution < -0.4 is 9.47 Å². The van der Waals surface area contributed by atoms with Crippen LogP contribution in [0.4, 0.5) is 26.3 Å². The maximum atomic E-state index is 12.1. The first kappa shape index (κ1) is 17.6. The quantitative estimate of drug-likeness (QED) is 0.430. The first-order chi connectivity index (χ1) is 9.50. The van der Waals surface area contributed by atoms with E-state index in [1.807, 2.05) is 0 Å². The lowest BCUT2D eigenvalue weighted by molar-refractivity contribution is -0.276. The Labute approximate surface area is 123 Å². The summed E-state index contributed by atoms with van der Waals surface area (Å²) < 4.78 is 79.7. The first-order valence-corrected chi connectivity index (χ1v) is 6.38. The van der Waals surface area contributed by atoms with E-state index in [0.29, 0.717) is 18.2 Å². The van der Waals surface area contributed by atoms with Gasteiger partial charge in [-0.3, -0.25) is 4.79 Å². The molecule has 118 valence electrons. The highest BCUT2D eigenvalue weighted by molar-refractivity contribution is 9.09. The number of hydrogen-bond acceptors (Lipinski definition) is 3. The molecule has 0 fully saturated rings. The minimum Gasteiger partial charge on any atom is -0.406 e. The molecule has 0 amide bonds. The maximum absolute atomic E-state index is 12.1. The molecule has 0 aliphatic carbocycles. The fourth-order valence-corrected chi connectivity index (χ4v) is 1.71. The zero-order valence-electron chi connectivity index (χ0n) is 10.0. The lowest BCUT2D eigenvalue weighted by atomic mass is 10.1. The summed E-state index contributed by atoms with van der Waals surface area (Å²) in [6.45, 7) is 0. The zero-order valence-corrected chi connectivity index (χ0v) is 11.6. The Kier molecular flexibility index (Phi) is 5.48. The lowest BCUT2D eigenvalue weighted by Gasteiger charge is -2.14. The van der Waals surface area contributed by atoms with Gasteiger partial charge in [0.2, 0.25) is 0 Å². The summed E-state index contributed by atoms with van der Waals surface area (Å²) in [4.78, 5) is 11.6. The van der Waals surface area contributed by atoms with Crippen LogP contribution >= 0.6 is 15.9 Å². The summed E-state index contributed by atoms with van der Waals surface area (Å²) >= 11 is 2.94. The average Bonchev–Trinajstić information content (AvgIpc) is 2.23. The van der Waals surface area contributed by atoms with E-state index in [2.05, 4.69) is 25.4 Å². The van der Waals surface area contributed by atoms with Gasteiger partial charge in [-0.2, -0.15) is 0 Å². The third kappa shape index (κ3) is 6.69. The van der Waals surface area contributed by atoms with Crippen LogP contribution in [0.25, 0.3) is 0 Å². The van der Waals surface area contributed by atoms with E-state index in [9.17, 15) is 31.1 Å². The molecule has 0 spiro atoms. The van der Waals surface area contributed by atoms with Gasteiger partial charge in [0.1, 0.15) is 11.5 Å². The van der Waals surface area contributed by atoms with Gasteiger partial charge in [0.25, 0.3) is 0 Å². The van der Waals surface area contributed by atoms with Crippen LogP contribution in [-0.2, 0) is 0 Å². The number of benzene rings is 1. The highest BCUT2D eigenvalue weighted by Gasteiger charge is 2.34. The van der Waals surface area contributed by atoms with E-state index in [-0.39, 0.29) is 17.3 Å². The van der Waals surface area contributed by atoms with Gasteiger partial charge in [0, 0.05) is 23.4 Å². The number of Topliss-reactive ketones (excluding diaryl/α,β-unsaturated/α-hetero) is 1. The average molecular weight is 381 g/mol. The standard InChI is InChI=1S/C11H7BrF6O3/c12-2-1-9(19)6-3-7(20-10(13,14)15)5-8(4-6)21-11(16,17)18/h3-5H,1-2H2. The number of rotatable bonds is 5. The monoisotopic (exact) mass is 380 g/mol. The third-order valence-corrected chi connectivity index (χ3v) is 2.39. The van der Waals surface area contributed by atoms with Crippen molar-refractivity contribution in [2.45, 2.75) is 19.1 Å². The second kappa shape index (κ2) is 6.54. The summed E-state index contributed by atoms with van der Waals surface area (Å²) in [5, 5.41) is 0.200. The van der Waals surface area contributed by atoms with E-state index in [0.717, 1.165) is 0 Å². The molecule has 10 heteroatoms. The molecule has 0 aromatic heterocycles. The lowest BCUT2D eigenvalue weighted by Crippen LogP contribution is -2.19. The fraction of sp³-hybridized carbons (Fsp3) is 0.364. The van der Waals surface area contributed by atoms with E-state index >= 15 is 0 Å². The van der Waals surface area contributed by atoms with Crippen molar-refractivity contribution in [2.24, 2.45) is 0 Å². The molecule has 0 radical (unpaired) electrons. The molecule has 0 N–H and O–H groups in total. The number of carbonyl (C=O) groups is 1. The van der Waals surface area contributed by atoms with Crippen molar-refractivity contribution in [3.05, 3.63) is 23.8 Å². The molecule has 1 rings (SSSR count). The van der Waals surface area contributed by atoms with E-state index in [1.54, 1.807) is 0 Å². The molecule has 21 heavy (non-hydrogen) atoms. The van der Waals surface area contributed by atoms with Gasteiger partial charge in [-0.25, -0.2) is 0 Å². The van der Waals surface area contributed by atoms with Gasteiger partial charge in [0.15, 0.2) is 5.78 Å². The predicted octanol–water partition coefficient (Wildman–Crippen LogP) is 4.45. The van der Waals surface area contributed by atoms with Gasteiger partial charge in [-0.05, 0) is 12.1 Å². The summed E-state index contributed by atoms with van der Waals surface area (Å²) in [5.41, 5.74) is -0.379. The van der Waals surface area contributed by atoms with Crippen molar-refractivity contribution in [3.63, 3.8) is 0 Å². The molecule has 0 saturated heterocycles. The summed E-state index contributed by atoms with van der Waals surface area (Å²) in [6.07, 6.45) is -10.3. The molecular weight excluding hydrogens is 374 g/mol. The minimum atomic E-state index is -5.10. The smallest absolute Gasteiger partial charge is 0.406 e. The Hall–Kier alpha value is -1.45. The van der Waals surface area contributed by atoms with Crippen molar-refractivity contribution in [2.75, 3.05) is 5.33 Å². The molecular formula is C11H7BrF6O3. The second-order valence-electron chi connectivity index (χ2n) is 3.65. The topological polar surface area (TPSA) is 35.5 Å². The summed E-state index contributed by atoms with van der Waals surface area (Å²) in [7, 11) is 0. The van der Waals surface area contributed by atoms with Crippen molar-refractivity contribution < 1.29 is 40.6 Å². The molecule has 0 atom stereocenters. The third-order valence-electron chi connectivity index (χ3n) is 1.99. The Balaban J connectivity index is 3.16. The molecule has 0 saturated carbocycles. The Morgan fingerprint density at radius 3 is 1.71 bits per heavy atom. The normalized spacial score (nSPS) is 12.1. The molecule has 0 unspecified atom stereocenters. The predicted molar refractivity (Wildman–Crippen MR) is 62.5 cm³/mol. The highest BCUT2D eigenvalue weighted by atomic mass is 79.9. The molecule has 0 aliphatic heterocycles. The van der Waals surface area contributed by atoms with Crippen molar-refractivity contribution in [1.82, 2.24) is 0 Å². The van der Waals surface area contributed by atoms with Crippen molar-refractivity contribution >= 4 is 21.7 Å². The van der Waals surface area contributed by atoms with Crippen LogP contribution in [0.3, 0.4) is 0 Å². The van der Waals surface area contributed by atoms with Crippen LogP contribution in [0.1, 0.15) is 16.8 Å². The number of ketones is 1. The number of alkyl halides is 7. The van der Waals surface area contributed by atoms with Crippen LogP contribution in [0, 0.1) is 0 Å². The molecule has 0 aliphatic rings. The molecule has 0 heterocycles. The largest absolute Gasteiger partial charge is 0.573 e. The van der Waals surface area contributed by atoms with E-state index in [4.69, 9.17) is 0 Å². The van der Waals surface area contributed by atoms with Crippen LogP contribution in [-0.4, -0.2) is 23.8 Å². The second-order valence-corrected chi connectivity index (χ2v) is 4.44. The van der Waals surface area contributed by atoms with Gasteiger partial charge in [0.05, 0.1) is 0 Å². The van der Waals surface area contributed by atoms with Crippen LogP contribution in [0.5, 0.6) is 11.5 Å². The highest BCUT2D eigenvalue weighted by Crippen LogP contribution is 2.31. The minimum absolute atomic E-state index is 0.110. The zero-order chi connectivity index (χ0) is 16.3. The first-order valence-electron chi connectivity index (χ1n) is 5.26. The Morgan fingerprint density at radius 1 is 0.952 bits per heavy atom. The van der Waals surface area contributed by atoms with Crippen LogP contribution in [0.2, 0.25) is 0 Å². The number of hydrogen-bond donors (Lipinski definition) is 0. The molecule has 1 aromatic rings. The van der Waals surface area contributed by atoms with Gasteiger partial charge < -0.3 is 9.47 Å². The number of halogens is 7. The number of ether oxygens (including phenoxy) is 2. The SMILES string of the molecule is O=C(CCBr)c1cc(OC(F)(F)F)cc(OC(F)(F)F)c1. The molecule has 0 bridgehead atoms. The Morgan fingerprint density at radius 2 is 1.38 bits per heavy atom. The fourth-order valence-electron chi connectivity index (χ4n) is 1.35. The summed E-state index contributed by atoms with van der Waals surface area (Å²) in [5.74, 6) is -2.60. The Bertz CT molecular complexity index is 477. The van der Waals surface area contributed by atoms with E-state index in [1.165, 1.54) is 0 Å². The van der Waals surface area contributed by atoms with Crippen molar-refractivity contribution in [3.8, 4) is 11.5 Å². The molecule has 3 nitrogen and oxygen atoms in total. The van der Waals surface area contributed by atoms with Crippen LogP contribution in [0.15, 0.2) is 18.2 Å². The van der Waals surface area contributed by atoms with Gasteiger partial charge in [-0.1, -0.05) is 15.9 Å². The van der Waals surface area contributed by atoms with Gasteiger partial charge >= 0.3 is 12.7 Å².